The topological polar surface area (TPSA) is 77.0 Å². The van der Waals surface area contributed by atoms with Crippen molar-refractivity contribution in [3.05, 3.63) is 135 Å². The van der Waals surface area contributed by atoms with Crippen LogP contribution in [0.1, 0.15) is 33.5 Å². The molecule has 1 aliphatic rings. The maximum Gasteiger partial charge on any atom is 0.246 e. The van der Waals surface area contributed by atoms with E-state index in [4.69, 9.17) is 14.2 Å². The lowest BCUT2D eigenvalue weighted by Crippen LogP contribution is -2.47. The van der Waals surface area contributed by atoms with Crippen LogP contribution in [0.2, 0.25) is 0 Å². The molecule has 6 rings (SSSR count). The lowest BCUT2D eigenvalue weighted by Gasteiger charge is -2.34. The lowest BCUT2D eigenvalue weighted by atomic mass is 10.1. The van der Waals surface area contributed by atoms with E-state index >= 15 is 0 Å². The van der Waals surface area contributed by atoms with Crippen LogP contribution in [0.15, 0.2) is 96.0 Å². The summed E-state index contributed by atoms with van der Waals surface area (Å²) in [5.41, 5.74) is 7.95. The van der Waals surface area contributed by atoms with Gasteiger partial charge in [0.25, 0.3) is 0 Å². The van der Waals surface area contributed by atoms with Crippen molar-refractivity contribution in [1.29, 1.82) is 0 Å². The van der Waals surface area contributed by atoms with Crippen molar-refractivity contribution in [3.63, 3.8) is 0 Å². The number of hydrogen-bond acceptors (Lipinski definition) is 8. The van der Waals surface area contributed by atoms with Crippen molar-refractivity contribution in [3.8, 4) is 23.1 Å². The van der Waals surface area contributed by atoms with Gasteiger partial charge >= 0.3 is 0 Å². The highest BCUT2D eigenvalue weighted by Gasteiger charge is 2.20. The molecule has 0 bridgehead atoms. The highest BCUT2D eigenvalue weighted by atomic mass is 35.5. The second-order valence-corrected chi connectivity index (χ2v) is 12.7. The van der Waals surface area contributed by atoms with Gasteiger partial charge in [0, 0.05) is 56.7 Å². The Morgan fingerprint density at radius 2 is 1.58 bits per heavy atom. The number of amides is 1. The third-order valence-corrected chi connectivity index (χ3v) is 8.91. The third-order valence-electron chi connectivity index (χ3n) is 8.27. The van der Waals surface area contributed by atoms with E-state index in [2.05, 4.69) is 39.1 Å². The molecule has 1 amide bonds. The molecule has 1 saturated heterocycles. The largest absolute Gasteiger partial charge is 0.493 e. The number of carbonyl (C=O) groups excluding carboxylic acids is 1. The van der Waals surface area contributed by atoms with Gasteiger partial charge in [0.2, 0.25) is 11.8 Å². The number of rotatable bonds is 13. The molecule has 0 atom stereocenters. The number of ether oxygens (including phenoxy) is 3. The van der Waals surface area contributed by atoms with Gasteiger partial charge in [-0.25, -0.2) is 14.4 Å². The third kappa shape index (κ3) is 10.4. The number of hydrogen-bond donors (Lipinski definition) is 0. The fourth-order valence-electron chi connectivity index (χ4n) is 5.61. The number of pyridine rings is 1. The number of thiazole rings is 1. The van der Waals surface area contributed by atoms with E-state index < -0.39 is 0 Å². The second-order valence-electron chi connectivity index (χ2n) is 12.0. The Kier molecular flexibility index (Phi) is 13.0. The Morgan fingerprint density at radius 3 is 2.24 bits per heavy atom. The van der Waals surface area contributed by atoms with Crippen LogP contribution < -0.4 is 14.2 Å². The number of benzene rings is 3. The van der Waals surface area contributed by atoms with Crippen molar-refractivity contribution in [2.24, 2.45) is 0 Å². The minimum atomic E-state index is -0.268. The summed E-state index contributed by atoms with van der Waals surface area (Å²) in [7, 11) is 0. The summed E-state index contributed by atoms with van der Waals surface area (Å²) >= 11 is 1.54. The summed E-state index contributed by atoms with van der Waals surface area (Å²) in [5, 5.41) is 1.95. The minimum Gasteiger partial charge on any atom is -0.493 e. The van der Waals surface area contributed by atoms with Crippen LogP contribution in [0.3, 0.4) is 0 Å². The molecular weight excluding hydrogens is 675 g/mol. The lowest BCUT2D eigenvalue weighted by molar-refractivity contribution is -0.127. The molecule has 0 radical (unpaired) electrons. The number of aryl methyl sites for hydroxylation is 2. The first-order valence-electron chi connectivity index (χ1n) is 16.3. The Morgan fingerprint density at radius 1 is 0.880 bits per heavy atom. The van der Waals surface area contributed by atoms with Crippen LogP contribution in [0.25, 0.3) is 6.08 Å². The molecule has 3 aromatic carbocycles. The molecule has 0 N–H and O–H groups in total. The zero-order valence-electron chi connectivity index (χ0n) is 28.1. The first-order valence-corrected chi connectivity index (χ1v) is 17.2. The molecule has 1 aliphatic heterocycles. The Hall–Kier alpha value is -4.77. The van der Waals surface area contributed by atoms with Gasteiger partial charge < -0.3 is 19.1 Å². The number of carbonyl (C=O) groups is 1. The van der Waals surface area contributed by atoms with Gasteiger partial charge in [-0.3, -0.25) is 9.69 Å². The second kappa shape index (κ2) is 17.8. The molecule has 5 aromatic rings. The first-order chi connectivity index (χ1) is 23.9. The molecule has 50 heavy (non-hydrogen) atoms. The van der Waals surface area contributed by atoms with Crippen LogP contribution >= 0.6 is 23.7 Å². The monoisotopic (exact) mass is 714 g/mol. The van der Waals surface area contributed by atoms with Crippen LogP contribution in [-0.2, 0) is 24.4 Å². The van der Waals surface area contributed by atoms with E-state index in [1.807, 2.05) is 48.4 Å². The molecule has 0 spiro atoms. The van der Waals surface area contributed by atoms with E-state index in [1.54, 1.807) is 36.0 Å². The molecule has 1 fully saturated rings. The molecule has 0 saturated carbocycles. The summed E-state index contributed by atoms with van der Waals surface area (Å²) in [5.74, 6) is 2.29. The number of halogens is 2. The van der Waals surface area contributed by atoms with Gasteiger partial charge in [0.05, 0.1) is 24.0 Å². The summed E-state index contributed by atoms with van der Waals surface area (Å²) < 4.78 is 30.6. The highest BCUT2D eigenvalue weighted by Crippen LogP contribution is 2.30. The summed E-state index contributed by atoms with van der Waals surface area (Å²) in [4.78, 5) is 25.9. The predicted molar refractivity (Wildman–Crippen MR) is 197 cm³/mol. The molecule has 2 aromatic heterocycles. The maximum atomic E-state index is 13.1. The fraction of sp³-hybridized carbons (Fsp3) is 0.256. The average Bonchev–Trinajstić information content (AvgIpc) is 3.64. The number of aromatic nitrogens is 2. The smallest absolute Gasteiger partial charge is 0.246 e. The molecule has 0 aliphatic carbocycles. The van der Waals surface area contributed by atoms with Crippen molar-refractivity contribution in [2.75, 3.05) is 32.8 Å². The Balaban J connectivity index is 0.00000486. The van der Waals surface area contributed by atoms with E-state index in [-0.39, 0.29) is 24.1 Å². The number of piperazine rings is 1. The molecule has 11 heteroatoms. The molecular formula is C39H40ClFN4O4S. The first kappa shape index (κ1) is 36.5. The van der Waals surface area contributed by atoms with Crippen LogP contribution in [-0.4, -0.2) is 58.5 Å². The van der Waals surface area contributed by atoms with E-state index in [0.29, 0.717) is 43.7 Å². The predicted octanol–water partition coefficient (Wildman–Crippen LogP) is 8.07. The Bertz CT molecular complexity index is 1820. The zero-order valence-corrected chi connectivity index (χ0v) is 29.7. The average molecular weight is 715 g/mol. The Labute approximate surface area is 302 Å². The quantitative estimate of drug-likeness (QED) is 0.114. The normalized spacial score (nSPS) is 13.2. The maximum absolute atomic E-state index is 13.1. The summed E-state index contributed by atoms with van der Waals surface area (Å²) in [6, 6.07) is 22.3. The molecule has 3 heterocycles. The van der Waals surface area contributed by atoms with Crippen LogP contribution in [0.4, 0.5) is 4.39 Å². The van der Waals surface area contributed by atoms with Crippen molar-refractivity contribution in [2.45, 2.75) is 33.4 Å². The van der Waals surface area contributed by atoms with Gasteiger partial charge in [0.15, 0.2) is 0 Å². The minimum absolute atomic E-state index is 0. The summed E-state index contributed by atoms with van der Waals surface area (Å²) in [6.45, 7) is 8.78. The molecule has 0 unspecified atom stereocenters. The highest BCUT2D eigenvalue weighted by molar-refractivity contribution is 7.07. The van der Waals surface area contributed by atoms with Crippen molar-refractivity contribution < 1.29 is 23.4 Å². The van der Waals surface area contributed by atoms with Crippen LogP contribution in [0.5, 0.6) is 23.1 Å². The molecule has 260 valence electrons. The molecule has 8 nitrogen and oxygen atoms in total. The van der Waals surface area contributed by atoms with Gasteiger partial charge in [-0.1, -0.05) is 24.3 Å². The van der Waals surface area contributed by atoms with Gasteiger partial charge in [-0.2, -0.15) is 0 Å². The standard InChI is InChI=1S/C39H39FN4O4S.ClH/c1-28-21-32(22-29(2)39(28)48-37-13-12-36(23-41-37)47-25-34-26-49-27-42-34)7-14-38(45)44-18-16-43(17-19-44)24-31-5-3-30(4-6-31)15-20-46-35-10-8-33(40)9-11-35;/h3-14,21-23,26-27H,15-20,24-25H2,1-2H3;1H/b14-7+;. The van der Waals surface area contributed by atoms with E-state index in [1.165, 1.54) is 34.6 Å². The van der Waals surface area contributed by atoms with E-state index in [0.717, 1.165) is 54.2 Å². The van der Waals surface area contributed by atoms with Gasteiger partial charge in [0.1, 0.15) is 29.7 Å². The van der Waals surface area contributed by atoms with E-state index in [9.17, 15) is 9.18 Å². The van der Waals surface area contributed by atoms with Crippen LogP contribution in [0, 0.1) is 19.7 Å². The fourth-order valence-corrected chi connectivity index (χ4v) is 6.15. The zero-order chi connectivity index (χ0) is 34.0. The van der Waals surface area contributed by atoms with Crippen molar-refractivity contribution in [1.82, 2.24) is 19.8 Å². The van der Waals surface area contributed by atoms with Crippen molar-refractivity contribution >= 4 is 35.7 Å². The van der Waals surface area contributed by atoms with Gasteiger partial charge in [-0.15, -0.1) is 23.7 Å². The SMILES string of the molecule is Cc1cc(/C=C/C(=O)N2CCN(Cc3ccc(CCOc4ccc(F)cc4)cc3)CC2)cc(C)c1Oc1ccc(OCc2cscn2)cn1.Cl. The number of nitrogens with zero attached hydrogens (tertiary/aromatic N) is 4. The van der Waals surface area contributed by atoms with Gasteiger partial charge in [-0.05, 0) is 90.2 Å². The summed E-state index contributed by atoms with van der Waals surface area (Å²) in [6.07, 6.45) is 5.96.